The van der Waals surface area contributed by atoms with Crippen molar-refractivity contribution < 1.29 is 14.0 Å². The van der Waals surface area contributed by atoms with E-state index >= 15 is 0 Å². The van der Waals surface area contributed by atoms with E-state index in [4.69, 9.17) is 0 Å². The van der Waals surface area contributed by atoms with E-state index in [-0.39, 0.29) is 29.6 Å². The van der Waals surface area contributed by atoms with E-state index in [1.807, 2.05) is 6.07 Å². The lowest BCUT2D eigenvalue weighted by molar-refractivity contribution is -0.121. The van der Waals surface area contributed by atoms with Crippen molar-refractivity contribution in [2.45, 2.75) is 12.3 Å². The van der Waals surface area contributed by atoms with Crippen molar-refractivity contribution in [2.24, 2.45) is 0 Å². The van der Waals surface area contributed by atoms with Crippen LogP contribution in [0, 0.1) is 17.1 Å². The molecule has 1 aliphatic rings. The number of para-hydroxylation sites is 1. The third-order valence-corrected chi connectivity index (χ3v) is 5.06. The zero-order valence-corrected chi connectivity index (χ0v) is 15.1. The molecule has 1 aliphatic heterocycles. The van der Waals surface area contributed by atoms with Crippen molar-refractivity contribution in [3.05, 3.63) is 76.6 Å². The van der Waals surface area contributed by atoms with Crippen LogP contribution in [-0.4, -0.2) is 17.6 Å². The van der Waals surface area contributed by atoms with Crippen LogP contribution in [0.3, 0.4) is 0 Å². The third-order valence-electron chi connectivity index (χ3n) is 4.04. The van der Waals surface area contributed by atoms with Crippen LogP contribution in [0.25, 0.3) is 0 Å². The molecule has 2 amide bonds. The molecule has 7 heteroatoms. The molecule has 0 saturated heterocycles. The van der Waals surface area contributed by atoms with Crippen molar-refractivity contribution in [1.82, 2.24) is 5.32 Å². The summed E-state index contributed by atoms with van der Waals surface area (Å²) < 4.78 is 14.2. The van der Waals surface area contributed by atoms with E-state index in [9.17, 15) is 19.2 Å². The molecule has 0 saturated carbocycles. The number of benzene rings is 2. The van der Waals surface area contributed by atoms with Crippen molar-refractivity contribution in [2.75, 3.05) is 11.1 Å². The minimum atomic E-state index is -0.662. The van der Waals surface area contributed by atoms with Gasteiger partial charge in [0, 0.05) is 18.0 Å². The Labute approximate surface area is 160 Å². The number of hydrogen-bond donors (Lipinski definition) is 2. The average Bonchev–Trinajstić information content (AvgIpc) is 2.67. The van der Waals surface area contributed by atoms with Gasteiger partial charge < -0.3 is 10.6 Å². The van der Waals surface area contributed by atoms with Gasteiger partial charge in [0.2, 0.25) is 11.8 Å². The Morgan fingerprint density at radius 1 is 1.22 bits per heavy atom. The monoisotopic (exact) mass is 381 g/mol. The topological polar surface area (TPSA) is 82.0 Å². The zero-order chi connectivity index (χ0) is 19.2. The van der Waals surface area contributed by atoms with Gasteiger partial charge in [-0.25, -0.2) is 4.39 Å². The largest absolute Gasteiger partial charge is 0.325 e. The van der Waals surface area contributed by atoms with E-state index in [2.05, 4.69) is 16.7 Å². The fourth-order valence-electron chi connectivity index (χ4n) is 2.81. The summed E-state index contributed by atoms with van der Waals surface area (Å²) in [4.78, 5) is 24.2. The molecule has 1 atom stereocenters. The first-order valence-corrected chi connectivity index (χ1v) is 9.23. The third kappa shape index (κ3) is 4.54. The van der Waals surface area contributed by atoms with Crippen LogP contribution in [0.5, 0.6) is 0 Å². The summed E-state index contributed by atoms with van der Waals surface area (Å²) in [6.45, 7) is 0. The van der Waals surface area contributed by atoms with E-state index in [1.165, 1.54) is 6.07 Å². The number of hydrogen-bond acceptors (Lipinski definition) is 4. The Balaban J connectivity index is 1.77. The molecule has 2 aromatic carbocycles. The molecular weight excluding hydrogens is 365 g/mol. The van der Waals surface area contributed by atoms with E-state index in [0.717, 1.165) is 11.8 Å². The second kappa shape index (κ2) is 8.52. The lowest BCUT2D eigenvalue weighted by Crippen LogP contribution is -2.31. The number of halogens is 1. The molecule has 2 aromatic rings. The summed E-state index contributed by atoms with van der Waals surface area (Å²) in [5, 5.41) is 15.2. The number of nitrogens with zero attached hydrogens (tertiary/aromatic N) is 1. The Hall–Kier alpha value is -3.11. The maximum absolute atomic E-state index is 14.2. The van der Waals surface area contributed by atoms with Gasteiger partial charge in [-0.2, -0.15) is 5.26 Å². The smallest absolute Gasteiger partial charge is 0.234 e. The average molecular weight is 381 g/mol. The minimum Gasteiger partial charge on any atom is -0.325 e. The number of carbonyl (C=O) groups excluding carboxylic acids is 2. The molecule has 27 heavy (non-hydrogen) atoms. The highest BCUT2D eigenvalue weighted by molar-refractivity contribution is 8.03. The van der Waals surface area contributed by atoms with Crippen LogP contribution in [0.1, 0.15) is 17.9 Å². The first-order chi connectivity index (χ1) is 13.1. The predicted molar refractivity (Wildman–Crippen MR) is 102 cm³/mol. The van der Waals surface area contributed by atoms with Gasteiger partial charge in [-0.3, -0.25) is 9.59 Å². The quantitative estimate of drug-likeness (QED) is 0.830. The molecule has 0 radical (unpaired) electrons. The Morgan fingerprint density at radius 2 is 1.93 bits per heavy atom. The Morgan fingerprint density at radius 3 is 2.63 bits per heavy atom. The molecule has 0 aliphatic carbocycles. The van der Waals surface area contributed by atoms with Gasteiger partial charge in [0.05, 0.1) is 22.4 Å². The second-order valence-electron chi connectivity index (χ2n) is 5.88. The van der Waals surface area contributed by atoms with Gasteiger partial charge in [-0.15, -0.1) is 0 Å². The molecular formula is C20H16FN3O2S. The van der Waals surface area contributed by atoms with E-state index in [0.29, 0.717) is 16.3 Å². The highest BCUT2D eigenvalue weighted by Gasteiger charge is 2.31. The van der Waals surface area contributed by atoms with Crippen molar-refractivity contribution >= 4 is 29.3 Å². The number of thioether (sulfide) groups is 1. The maximum atomic E-state index is 14.2. The lowest BCUT2D eigenvalue weighted by Gasteiger charge is -2.25. The van der Waals surface area contributed by atoms with Gasteiger partial charge in [-0.1, -0.05) is 48.2 Å². The fraction of sp³-hybridized carbons (Fsp3) is 0.150. The summed E-state index contributed by atoms with van der Waals surface area (Å²) in [6.07, 6.45) is -0.00982. The molecule has 3 rings (SSSR count). The summed E-state index contributed by atoms with van der Waals surface area (Å²) >= 11 is 1.06. The summed E-state index contributed by atoms with van der Waals surface area (Å²) in [5.74, 6) is -1.69. The number of carbonyl (C=O) groups is 2. The van der Waals surface area contributed by atoms with Crippen LogP contribution in [0.4, 0.5) is 10.1 Å². The molecule has 0 bridgehead atoms. The van der Waals surface area contributed by atoms with E-state index in [1.54, 1.807) is 42.5 Å². The van der Waals surface area contributed by atoms with Crippen LogP contribution in [0.2, 0.25) is 0 Å². The van der Waals surface area contributed by atoms with Crippen molar-refractivity contribution in [1.29, 1.82) is 5.26 Å². The first-order valence-electron chi connectivity index (χ1n) is 8.24. The standard InChI is InChI=1S/C20H16FN3O2S/c21-17-9-5-4-8-14(17)15-10-18(25)24-20(16(15)11-22)27-12-19(26)23-13-6-2-1-3-7-13/h1-9,15H,10,12H2,(H,23,26)(H,24,25). The number of rotatable bonds is 5. The van der Waals surface area contributed by atoms with Crippen molar-refractivity contribution in [3.63, 3.8) is 0 Å². The molecule has 0 fully saturated rings. The Kier molecular flexibility index (Phi) is 5.89. The van der Waals surface area contributed by atoms with Gasteiger partial charge in [0.1, 0.15) is 5.82 Å². The summed E-state index contributed by atoms with van der Waals surface area (Å²) in [6, 6.07) is 17.1. The fourth-order valence-corrected chi connectivity index (χ4v) is 3.69. The highest BCUT2D eigenvalue weighted by Crippen LogP contribution is 2.36. The normalized spacial score (nSPS) is 16.4. The second-order valence-corrected chi connectivity index (χ2v) is 6.87. The molecule has 0 spiro atoms. The number of nitriles is 1. The van der Waals surface area contributed by atoms with Gasteiger partial charge in [-0.05, 0) is 23.8 Å². The Bertz CT molecular complexity index is 938. The number of allylic oxidation sites excluding steroid dienone is 1. The molecule has 136 valence electrons. The minimum absolute atomic E-state index is 0.00982. The molecule has 0 aromatic heterocycles. The summed E-state index contributed by atoms with van der Waals surface area (Å²) in [7, 11) is 0. The van der Waals surface area contributed by atoms with Crippen molar-refractivity contribution in [3.8, 4) is 6.07 Å². The lowest BCUT2D eigenvalue weighted by atomic mass is 9.87. The number of amides is 2. The van der Waals surface area contributed by atoms with Gasteiger partial charge in [0.15, 0.2) is 0 Å². The number of anilines is 1. The number of nitrogens with one attached hydrogen (secondary N) is 2. The molecule has 1 unspecified atom stereocenters. The SMILES string of the molecule is N#CC1=C(SCC(=O)Nc2ccccc2)NC(=O)CC1c1ccccc1F. The van der Waals surface area contributed by atoms with E-state index < -0.39 is 11.7 Å². The van der Waals surface area contributed by atoms with Crippen LogP contribution in [-0.2, 0) is 9.59 Å². The molecule has 1 heterocycles. The predicted octanol–water partition coefficient (Wildman–Crippen LogP) is 3.54. The molecule has 5 nitrogen and oxygen atoms in total. The van der Waals surface area contributed by atoms with Crippen LogP contribution >= 0.6 is 11.8 Å². The maximum Gasteiger partial charge on any atom is 0.234 e. The molecule has 2 N–H and O–H groups in total. The van der Waals surface area contributed by atoms with Gasteiger partial charge >= 0.3 is 0 Å². The van der Waals surface area contributed by atoms with Crippen LogP contribution < -0.4 is 10.6 Å². The highest BCUT2D eigenvalue weighted by atomic mass is 32.2. The first kappa shape index (κ1) is 18.7. The van der Waals surface area contributed by atoms with Crippen LogP contribution in [0.15, 0.2) is 65.2 Å². The van der Waals surface area contributed by atoms with Gasteiger partial charge in [0.25, 0.3) is 0 Å². The zero-order valence-electron chi connectivity index (χ0n) is 14.2. The summed E-state index contributed by atoms with van der Waals surface area (Å²) in [5.41, 5.74) is 1.22.